The molecule has 1 fully saturated rings. The Morgan fingerprint density at radius 3 is 2.41 bits per heavy atom. The van der Waals surface area contributed by atoms with E-state index in [9.17, 15) is 13.9 Å². The van der Waals surface area contributed by atoms with Gasteiger partial charge < -0.3 is 9.84 Å². The molecule has 1 aliphatic carbocycles. The van der Waals surface area contributed by atoms with Crippen molar-refractivity contribution in [3.63, 3.8) is 0 Å². The number of ether oxygens (including phenoxy) is 1. The van der Waals surface area contributed by atoms with Crippen molar-refractivity contribution in [3.05, 3.63) is 35.4 Å². The molecule has 1 N–H and O–H groups in total. The molecule has 0 aromatic heterocycles. The molecule has 2 nitrogen and oxygen atoms in total. The Balaban J connectivity index is 2.23. The monoisotopic (exact) mass is 242 g/mol. The van der Waals surface area contributed by atoms with Crippen LogP contribution in [-0.4, -0.2) is 24.4 Å². The van der Waals surface area contributed by atoms with Crippen LogP contribution in [0.4, 0.5) is 8.78 Å². The summed E-state index contributed by atoms with van der Waals surface area (Å²) in [5.41, 5.74) is -1.21. The van der Waals surface area contributed by atoms with Gasteiger partial charge in [0.1, 0.15) is 11.6 Å². The number of rotatable bonds is 5. The van der Waals surface area contributed by atoms with E-state index in [4.69, 9.17) is 4.74 Å². The topological polar surface area (TPSA) is 29.5 Å². The van der Waals surface area contributed by atoms with Crippen molar-refractivity contribution in [2.24, 2.45) is 5.92 Å². The first-order valence-electron chi connectivity index (χ1n) is 5.71. The lowest BCUT2D eigenvalue weighted by Crippen LogP contribution is -2.39. The van der Waals surface area contributed by atoms with Crippen LogP contribution >= 0.6 is 0 Å². The molecule has 1 unspecified atom stereocenters. The molecular weight excluding hydrogens is 226 g/mol. The molecule has 4 heteroatoms. The van der Waals surface area contributed by atoms with E-state index in [-0.39, 0.29) is 24.5 Å². The Bertz CT molecular complexity index is 384. The van der Waals surface area contributed by atoms with Crippen LogP contribution in [0.5, 0.6) is 0 Å². The summed E-state index contributed by atoms with van der Waals surface area (Å²) < 4.78 is 32.0. The molecule has 17 heavy (non-hydrogen) atoms. The quantitative estimate of drug-likeness (QED) is 0.858. The van der Waals surface area contributed by atoms with Crippen molar-refractivity contribution in [2.75, 3.05) is 13.7 Å². The number of aliphatic hydroxyl groups is 1. The molecule has 2 rings (SSSR count). The molecule has 0 bridgehead atoms. The van der Waals surface area contributed by atoms with Gasteiger partial charge in [0.15, 0.2) is 0 Å². The summed E-state index contributed by atoms with van der Waals surface area (Å²) in [6, 6.07) is 3.73. The van der Waals surface area contributed by atoms with Crippen molar-refractivity contribution in [1.29, 1.82) is 0 Å². The Kier molecular flexibility index (Phi) is 3.45. The van der Waals surface area contributed by atoms with Crippen LogP contribution in [0.25, 0.3) is 0 Å². The molecule has 1 saturated carbocycles. The first kappa shape index (κ1) is 12.5. The lowest BCUT2D eigenvalue weighted by atomic mass is 9.90. The van der Waals surface area contributed by atoms with E-state index in [1.807, 2.05) is 0 Å². The van der Waals surface area contributed by atoms with Gasteiger partial charge in [-0.15, -0.1) is 0 Å². The number of halogens is 2. The minimum absolute atomic E-state index is 0.0377. The number of hydrogen-bond acceptors (Lipinski definition) is 2. The highest BCUT2D eigenvalue weighted by Gasteiger charge is 2.44. The van der Waals surface area contributed by atoms with Gasteiger partial charge in [-0.2, -0.15) is 0 Å². The maximum absolute atomic E-state index is 13.5. The normalized spacial score (nSPS) is 19.1. The fourth-order valence-electron chi connectivity index (χ4n) is 2.19. The van der Waals surface area contributed by atoms with Crippen molar-refractivity contribution in [2.45, 2.75) is 24.9 Å². The van der Waals surface area contributed by atoms with Gasteiger partial charge >= 0.3 is 0 Å². The molecule has 0 saturated heterocycles. The maximum atomic E-state index is 13.5. The zero-order valence-corrected chi connectivity index (χ0v) is 9.75. The van der Waals surface area contributed by atoms with Crippen LogP contribution < -0.4 is 0 Å². The highest BCUT2D eigenvalue weighted by atomic mass is 19.1. The molecule has 1 atom stereocenters. The summed E-state index contributed by atoms with van der Waals surface area (Å²) >= 11 is 0. The largest absolute Gasteiger partial charge is 0.387 e. The lowest BCUT2D eigenvalue weighted by Gasteiger charge is -2.27. The van der Waals surface area contributed by atoms with E-state index in [0.29, 0.717) is 0 Å². The van der Waals surface area contributed by atoms with Crippen molar-refractivity contribution in [1.82, 2.24) is 0 Å². The summed E-state index contributed by atoms with van der Waals surface area (Å²) in [5, 5.41) is 10.4. The number of benzene rings is 1. The zero-order chi connectivity index (χ0) is 12.5. The van der Waals surface area contributed by atoms with Gasteiger partial charge in [-0.1, -0.05) is 6.07 Å². The smallest absolute Gasteiger partial charge is 0.129 e. The van der Waals surface area contributed by atoms with E-state index in [0.717, 1.165) is 12.8 Å². The van der Waals surface area contributed by atoms with Crippen molar-refractivity contribution < 1.29 is 18.6 Å². The Morgan fingerprint density at radius 1 is 1.35 bits per heavy atom. The lowest BCUT2D eigenvalue weighted by molar-refractivity contribution is -0.0484. The average Bonchev–Trinajstić information content (AvgIpc) is 3.08. The maximum Gasteiger partial charge on any atom is 0.129 e. The summed E-state index contributed by atoms with van der Waals surface area (Å²) in [4.78, 5) is 0. The Hall–Kier alpha value is -1.00. The Labute approximate surface area is 99.2 Å². The van der Waals surface area contributed by atoms with E-state index in [1.54, 1.807) is 0 Å². The first-order chi connectivity index (χ1) is 8.07. The second kappa shape index (κ2) is 4.70. The highest BCUT2D eigenvalue weighted by Crippen LogP contribution is 2.42. The minimum Gasteiger partial charge on any atom is -0.387 e. The number of methoxy groups -OCH3 is 1. The highest BCUT2D eigenvalue weighted by molar-refractivity contribution is 5.22. The predicted molar refractivity (Wildman–Crippen MR) is 59.6 cm³/mol. The SMILES string of the molecule is COCC(O)(Cc1c(F)cccc1F)C1CC1. The van der Waals surface area contributed by atoms with Gasteiger partial charge in [0.25, 0.3) is 0 Å². The zero-order valence-electron chi connectivity index (χ0n) is 9.75. The summed E-state index contributed by atoms with van der Waals surface area (Å²) in [7, 11) is 1.48. The molecule has 0 heterocycles. The standard InChI is InChI=1S/C13H16F2O2/c1-17-8-13(16,9-5-6-9)7-10-11(14)3-2-4-12(10)15/h2-4,9,16H,5-8H2,1H3. The molecule has 0 aliphatic heterocycles. The molecule has 1 aliphatic rings. The van der Waals surface area contributed by atoms with Crippen molar-refractivity contribution in [3.8, 4) is 0 Å². The van der Waals surface area contributed by atoms with Gasteiger partial charge in [0, 0.05) is 19.1 Å². The Morgan fingerprint density at radius 2 is 1.94 bits per heavy atom. The van der Waals surface area contributed by atoms with E-state index < -0.39 is 17.2 Å². The van der Waals surface area contributed by atoms with Crippen LogP contribution in [0, 0.1) is 17.6 Å². The van der Waals surface area contributed by atoms with Gasteiger partial charge in [-0.25, -0.2) is 8.78 Å². The minimum atomic E-state index is -1.15. The average molecular weight is 242 g/mol. The van der Waals surface area contributed by atoms with Gasteiger partial charge in [0.05, 0.1) is 12.2 Å². The van der Waals surface area contributed by atoms with Crippen LogP contribution in [0.15, 0.2) is 18.2 Å². The van der Waals surface area contributed by atoms with Crippen LogP contribution in [0.3, 0.4) is 0 Å². The van der Waals surface area contributed by atoms with E-state index in [2.05, 4.69) is 0 Å². The molecule has 0 amide bonds. The molecular formula is C13H16F2O2. The summed E-state index contributed by atoms with van der Waals surface area (Å²) in [6.07, 6.45) is 1.73. The van der Waals surface area contributed by atoms with E-state index in [1.165, 1.54) is 25.3 Å². The predicted octanol–water partition coefficient (Wildman–Crippen LogP) is 2.29. The fourth-order valence-corrected chi connectivity index (χ4v) is 2.19. The van der Waals surface area contributed by atoms with Crippen molar-refractivity contribution >= 4 is 0 Å². The molecule has 0 radical (unpaired) electrons. The number of hydrogen-bond donors (Lipinski definition) is 1. The van der Waals surface area contributed by atoms with Crippen LogP contribution in [0.1, 0.15) is 18.4 Å². The first-order valence-corrected chi connectivity index (χ1v) is 5.71. The molecule has 0 spiro atoms. The molecule has 1 aromatic rings. The van der Waals surface area contributed by atoms with Gasteiger partial charge in [0.2, 0.25) is 0 Å². The second-order valence-corrected chi connectivity index (χ2v) is 4.69. The van der Waals surface area contributed by atoms with E-state index >= 15 is 0 Å². The van der Waals surface area contributed by atoms with Gasteiger partial charge in [-0.05, 0) is 30.9 Å². The summed E-state index contributed by atoms with van der Waals surface area (Å²) in [5.74, 6) is -1.14. The van der Waals surface area contributed by atoms with Crippen LogP contribution in [0.2, 0.25) is 0 Å². The third kappa shape index (κ3) is 2.64. The fraction of sp³-hybridized carbons (Fsp3) is 0.538. The van der Waals surface area contributed by atoms with Gasteiger partial charge in [-0.3, -0.25) is 0 Å². The molecule has 94 valence electrons. The summed E-state index contributed by atoms with van der Waals surface area (Å²) in [6.45, 7) is 0.103. The third-order valence-electron chi connectivity index (χ3n) is 3.28. The second-order valence-electron chi connectivity index (χ2n) is 4.69. The van der Waals surface area contributed by atoms with Crippen LogP contribution in [-0.2, 0) is 11.2 Å². The third-order valence-corrected chi connectivity index (χ3v) is 3.28. The molecule has 1 aromatic carbocycles.